The molecule has 0 atom stereocenters. The molecule has 0 unspecified atom stereocenters. The van der Waals surface area contributed by atoms with Gasteiger partial charge in [0.1, 0.15) is 0 Å². The number of aromatic nitrogens is 2. The average molecular weight is 251 g/mol. The number of nitrogens with zero attached hydrogens (tertiary/aromatic N) is 2. The van der Waals surface area contributed by atoms with Crippen molar-refractivity contribution in [3.8, 4) is 0 Å². The van der Waals surface area contributed by atoms with Gasteiger partial charge in [0.2, 0.25) is 0 Å². The molecule has 0 aliphatic rings. The maximum Gasteiger partial charge on any atom is 0.271 e. The van der Waals surface area contributed by atoms with Crippen LogP contribution in [0.25, 0.3) is 0 Å². The van der Waals surface area contributed by atoms with Gasteiger partial charge in [0.15, 0.2) is 0 Å². The molecule has 0 fully saturated rings. The second kappa shape index (κ2) is 7.31. The van der Waals surface area contributed by atoms with Gasteiger partial charge >= 0.3 is 0 Å². The molecule has 0 aliphatic carbocycles. The normalized spacial score (nSPS) is 11.2. The van der Waals surface area contributed by atoms with Gasteiger partial charge in [-0.05, 0) is 31.9 Å². The molecule has 1 rings (SSSR count). The van der Waals surface area contributed by atoms with Crippen molar-refractivity contribution in [2.75, 3.05) is 6.54 Å². The van der Waals surface area contributed by atoms with Crippen LogP contribution in [0.5, 0.6) is 0 Å². The highest BCUT2D eigenvalue weighted by Crippen LogP contribution is 1.98. The first-order valence-corrected chi connectivity index (χ1v) is 6.83. The Morgan fingerprint density at radius 2 is 2.17 bits per heavy atom. The molecule has 0 amide bonds. The van der Waals surface area contributed by atoms with E-state index in [0.717, 1.165) is 30.6 Å². The van der Waals surface area contributed by atoms with E-state index in [2.05, 4.69) is 31.2 Å². The number of rotatable bonds is 7. The first-order chi connectivity index (χ1) is 8.54. The van der Waals surface area contributed by atoms with Crippen LogP contribution in [0.1, 0.15) is 44.9 Å². The fourth-order valence-corrected chi connectivity index (χ4v) is 1.83. The topological polar surface area (TPSA) is 46.9 Å². The zero-order valence-corrected chi connectivity index (χ0v) is 12.0. The van der Waals surface area contributed by atoms with Crippen LogP contribution in [0.3, 0.4) is 0 Å². The Labute approximate surface area is 109 Å². The van der Waals surface area contributed by atoms with E-state index in [-0.39, 0.29) is 5.56 Å². The lowest BCUT2D eigenvalue weighted by Crippen LogP contribution is -2.30. The first kappa shape index (κ1) is 14.9. The monoisotopic (exact) mass is 251 g/mol. The third-order valence-corrected chi connectivity index (χ3v) is 2.76. The molecule has 102 valence electrons. The molecule has 0 aliphatic heterocycles. The summed E-state index contributed by atoms with van der Waals surface area (Å²) >= 11 is 0. The minimum Gasteiger partial charge on any atom is -0.312 e. The van der Waals surface area contributed by atoms with Crippen molar-refractivity contribution in [2.24, 2.45) is 5.92 Å². The molecule has 1 aromatic heterocycles. The zero-order valence-electron chi connectivity index (χ0n) is 12.0. The van der Waals surface area contributed by atoms with E-state index in [0.29, 0.717) is 19.0 Å². The van der Waals surface area contributed by atoms with E-state index in [1.54, 1.807) is 4.68 Å². The third-order valence-electron chi connectivity index (χ3n) is 2.76. The zero-order chi connectivity index (χ0) is 13.5. The van der Waals surface area contributed by atoms with Crippen LogP contribution in [-0.2, 0) is 13.1 Å². The van der Waals surface area contributed by atoms with E-state index < -0.39 is 0 Å². The van der Waals surface area contributed by atoms with Crippen molar-refractivity contribution in [2.45, 2.75) is 53.6 Å². The molecule has 0 radical (unpaired) electrons. The summed E-state index contributed by atoms with van der Waals surface area (Å²) in [6.45, 7) is 10.6. The van der Waals surface area contributed by atoms with Gasteiger partial charge < -0.3 is 5.32 Å². The fourth-order valence-electron chi connectivity index (χ4n) is 1.83. The molecule has 0 spiro atoms. The fraction of sp³-hybridized carbons (Fsp3) is 0.714. The van der Waals surface area contributed by atoms with Crippen molar-refractivity contribution in [1.82, 2.24) is 15.1 Å². The molecule has 0 saturated heterocycles. The van der Waals surface area contributed by atoms with Crippen LogP contribution in [0.2, 0.25) is 0 Å². The van der Waals surface area contributed by atoms with E-state index in [9.17, 15) is 4.79 Å². The number of nitrogens with one attached hydrogen (secondary N) is 1. The van der Waals surface area contributed by atoms with Gasteiger partial charge in [-0.25, -0.2) is 4.68 Å². The summed E-state index contributed by atoms with van der Waals surface area (Å²) in [4.78, 5) is 12.2. The van der Waals surface area contributed by atoms with Crippen molar-refractivity contribution in [1.29, 1.82) is 0 Å². The lowest BCUT2D eigenvalue weighted by Gasteiger charge is -2.10. The molecule has 4 heteroatoms. The minimum absolute atomic E-state index is 0.0466. The molecule has 1 N–H and O–H groups in total. The Morgan fingerprint density at radius 1 is 1.44 bits per heavy atom. The van der Waals surface area contributed by atoms with Crippen LogP contribution in [-0.4, -0.2) is 16.3 Å². The van der Waals surface area contributed by atoms with Gasteiger partial charge in [0.25, 0.3) is 5.56 Å². The molecule has 0 saturated carbocycles. The van der Waals surface area contributed by atoms with Gasteiger partial charge in [-0.2, -0.15) is 5.10 Å². The van der Waals surface area contributed by atoms with E-state index in [1.807, 2.05) is 13.0 Å². The number of unbranched alkanes of at least 4 members (excludes halogenated alkanes) is 1. The highest BCUT2D eigenvalue weighted by Gasteiger charge is 2.06. The Balaban J connectivity index is 2.77. The summed E-state index contributed by atoms with van der Waals surface area (Å²) < 4.78 is 1.60. The maximum absolute atomic E-state index is 12.2. The van der Waals surface area contributed by atoms with Gasteiger partial charge in [0.05, 0.1) is 5.69 Å². The largest absolute Gasteiger partial charge is 0.312 e. The van der Waals surface area contributed by atoms with E-state index in [1.165, 1.54) is 0 Å². The molecule has 1 aromatic rings. The first-order valence-electron chi connectivity index (χ1n) is 6.83. The lowest BCUT2D eigenvalue weighted by atomic mass is 10.2. The number of hydrogen-bond donors (Lipinski definition) is 1. The molecule has 0 aromatic carbocycles. The standard InChI is InChI=1S/C14H25N3O/c1-5-6-7-17-14(18)13(8-12(4)16-17)10-15-9-11(2)3/h8,11,15H,5-7,9-10H2,1-4H3. The number of hydrogen-bond acceptors (Lipinski definition) is 3. The summed E-state index contributed by atoms with van der Waals surface area (Å²) in [7, 11) is 0. The van der Waals surface area contributed by atoms with Gasteiger partial charge in [0, 0.05) is 18.7 Å². The van der Waals surface area contributed by atoms with Crippen LogP contribution in [0, 0.1) is 12.8 Å². The van der Waals surface area contributed by atoms with Crippen molar-refractivity contribution >= 4 is 0 Å². The van der Waals surface area contributed by atoms with Crippen molar-refractivity contribution in [3.05, 3.63) is 27.7 Å². The lowest BCUT2D eigenvalue weighted by molar-refractivity contribution is 0.517. The van der Waals surface area contributed by atoms with Crippen LogP contribution in [0.4, 0.5) is 0 Å². The SMILES string of the molecule is CCCCn1nc(C)cc(CNCC(C)C)c1=O. The smallest absolute Gasteiger partial charge is 0.271 e. The maximum atomic E-state index is 12.2. The third kappa shape index (κ3) is 4.61. The predicted molar refractivity (Wildman–Crippen MR) is 74.7 cm³/mol. The summed E-state index contributed by atoms with van der Waals surface area (Å²) in [5.74, 6) is 0.593. The molecule has 1 heterocycles. The van der Waals surface area contributed by atoms with E-state index in [4.69, 9.17) is 0 Å². The minimum atomic E-state index is 0.0466. The Hall–Kier alpha value is -1.16. The Bertz CT molecular complexity index is 424. The number of aryl methyl sites for hydroxylation is 2. The summed E-state index contributed by atoms with van der Waals surface area (Å²) in [6, 6.07) is 1.89. The molecule has 4 nitrogen and oxygen atoms in total. The summed E-state index contributed by atoms with van der Waals surface area (Å²) in [5.41, 5.74) is 1.77. The van der Waals surface area contributed by atoms with Crippen molar-refractivity contribution in [3.63, 3.8) is 0 Å². The molecular weight excluding hydrogens is 226 g/mol. The molecular formula is C14H25N3O. The van der Waals surface area contributed by atoms with Gasteiger partial charge in [-0.15, -0.1) is 0 Å². The van der Waals surface area contributed by atoms with Crippen LogP contribution in [0.15, 0.2) is 10.9 Å². The second-order valence-corrected chi connectivity index (χ2v) is 5.22. The highest BCUT2D eigenvalue weighted by atomic mass is 16.1. The van der Waals surface area contributed by atoms with Crippen LogP contribution >= 0.6 is 0 Å². The predicted octanol–water partition coefficient (Wildman–Crippen LogP) is 2.10. The highest BCUT2D eigenvalue weighted by molar-refractivity contribution is 5.12. The molecule has 18 heavy (non-hydrogen) atoms. The summed E-state index contributed by atoms with van der Waals surface area (Å²) in [6.07, 6.45) is 2.07. The van der Waals surface area contributed by atoms with Crippen LogP contribution < -0.4 is 10.9 Å². The van der Waals surface area contributed by atoms with Gasteiger partial charge in [-0.3, -0.25) is 4.79 Å². The van der Waals surface area contributed by atoms with E-state index >= 15 is 0 Å². The molecule has 0 bridgehead atoms. The van der Waals surface area contributed by atoms with Crippen molar-refractivity contribution < 1.29 is 0 Å². The average Bonchev–Trinajstić information content (AvgIpc) is 2.30. The summed E-state index contributed by atoms with van der Waals surface area (Å²) in [5, 5.41) is 7.60. The quantitative estimate of drug-likeness (QED) is 0.807. The Kier molecular flexibility index (Phi) is 6.05. The Morgan fingerprint density at radius 3 is 2.78 bits per heavy atom. The van der Waals surface area contributed by atoms with Gasteiger partial charge in [-0.1, -0.05) is 27.2 Å². The second-order valence-electron chi connectivity index (χ2n) is 5.22.